The maximum Gasteiger partial charge on any atom is 0.284 e. The molecular formula is C10H13N5O2S2. The number of nitrogens with zero attached hydrogens (tertiary/aromatic N) is 4. The molecule has 0 unspecified atom stereocenters. The largest absolute Gasteiger partial charge is 0.284 e. The van der Waals surface area contributed by atoms with Crippen molar-refractivity contribution < 1.29 is 8.42 Å². The van der Waals surface area contributed by atoms with E-state index in [1.165, 1.54) is 22.3 Å². The number of sulfonamides is 1. The zero-order valence-corrected chi connectivity index (χ0v) is 11.9. The third-order valence-corrected chi connectivity index (χ3v) is 4.92. The predicted molar refractivity (Wildman–Crippen MR) is 70.6 cm³/mol. The van der Waals surface area contributed by atoms with E-state index < -0.39 is 10.0 Å². The van der Waals surface area contributed by atoms with Gasteiger partial charge in [0.15, 0.2) is 5.13 Å². The second kappa shape index (κ2) is 4.57. The minimum absolute atomic E-state index is 0.0856. The molecule has 2 heterocycles. The van der Waals surface area contributed by atoms with Crippen molar-refractivity contribution in [1.29, 1.82) is 0 Å². The summed E-state index contributed by atoms with van der Waals surface area (Å²) in [5.41, 5.74) is 0.972. The Hall–Kier alpha value is -1.48. The van der Waals surface area contributed by atoms with Gasteiger partial charge in [-0.3, -0.25) is 4.72 Å². The molecule has 2 aromatic rings. The van der Waals surface area contributed by atoms with Gasteiger partial charge >= 0.3 is 0 Å². The molecule has 0 aromatic carbocycles. The van der Waals surface area contributed by atoms with Crippen LogP contribution in [0.5, 0.6) is 0 Å². The number of rotatable bonds is 5. The van der Waals surface area contributed by atoms with Crippen molar-refractivity contribution in [2.45, 2.75) is 37.3 Å². The predicted octanol–water partition coefficient (Wildman–Crippen LogP) is 1.43. The summed E-state index contributed by atoms with van der Waals surface area (Å²) >= 11 is 1.30. The average molecular weight is 299 g/mol. The van der Waals surface area contributed by atoms with Crippen molar-refractivity contribution in [3.05, 3.63) is 17.3 Å². The number of anilines is 1. The van der Waals surface area contributed by atoms with Gasteiger partial charge in [-0.2, -0.15) is 18.3 Å². The SMILES string of the molecule is CCn1ncc(S(=O)(=O)Nc2nc(C3CC3)cs2)n1. The van der Waals surface area contributed by atoms with Crippen LogP contribution in [0.4, 0.5) is 5.13 Å². The van der Waals surface area contributed by atoms with E-state index >= 15 is 0 Å². The van der Waals surface area contributed by atoms with Crippen molar-refractivity contribution >= 4 is 26.5 Å². The highest BCUT2D eigenvalue weighted by atomic mass is 32.2. The second-order valence-electron chi connectivity index (χ2n) is 4.33. The third kappa shape index (κ3) is 2.61. The van der Waals surface area contributed by atoms with E-state index in [1.54, 1.807) is 0 Å². The molecule has 9 heteroatoms. The van der Waals surface area contributed by atoms with Gasteiger partial charge in [0.2, 0.25) is 5.03 Å². The smallest absolute Gasteiger partial charge is 0.253 e. The fourth-order valence-electron chi connectivity index (χ4n) is 1.62. The molecule has 102 valence electrons. The Balaban J connectivity index is 1.79. The van der Waals surface area contributed by atoms with E-state index in [1.807, 2.05) is 12.3 Å². The van der Waals surface area contributed by atoms with Crippen molar-refractivity contribution in [2.24, 2.45) is 0 Å². The standard InChI is InChI=1S/C10H13N5O2S2/c1-2-15-11-5-9(13-15)19(16,17)14-10-12-8(6-18-10)7-3-4-7/h5-7H,2-4H2,1H3,(H,12,14). The summed E-state index contributed by atoms with van der Waals surface area (Å²) in [7, 11) is -3.69. The number of aromatic nitrogens is 4. The number of nitrogens with one attached hydrogen (secondary N) is 1. The molecule has 1 fully saturated rings. The molecule has 1 aliphatic rings. The normalized spacial score (nSPS) is 15.6. The lowest BCUT2D eigenvalue weighted by Crippen LogP contribution is -2.14. The molecule has 0 bridgehead atoms. The molecule has 0 amide bonds. The Bertz CT molecular complexity index is 686. The number of hydrogen-bond donors (Lipinski definition) is 1. The lowest BCUT2D eigenvalue weighted by molar-refractivity contribution is 0.551. The molecule has 3 rings (SSSR count). The fraction of sp³-hybridized carbons (Fsp3) is 0.500. The van der Waals surface area contributed by atoms with Gasteiger partial charge in [0.25, 0.3) is 10.0 Å². The van der Waals surface area contributed by atoms with E-state index in [2.05, 4.69) is 19.9 Å². The summed E-state index contributed by atoms with van der Waals surface area (Å²) in [6.07, 6.45) is 3.52. The van der Waals surface area contributed by atoms with Gasteiger partial charge in [-0.05, 0) is 19.8 Å². The van der Waals surface area contributed by atoms with Crippen LogP contribution in [0.1, 0.15) is 31.4 Å². The lowest BCUT2D eigenvalue weighted by Gasteiger charge is -2.00. The molecule has 0 aliphatic heterocycles. The molecule has 0 saturated heterocycles. The van der Waals surface area contributed by atoms with Crippen LogP contribution in [0.15, 0.2) is 16.6 Å². The lowest BCUT2D eigenvalue weighted by atomic mass is 10.3. The van der Waals surface area contributed by atoms with E-state index in [4.69, 9.17) is 0 Å². The molecule has 1 aliphatic carbocycles. The maximum atomic E-state index is 12.1. The van der Waals surface area contributed by atoms with Gasteiger partial charge in [0, 0.05) is 11.3 Å². The fourth-order valence-corrected chi connectivity index (χ4v) is 3.55. The van der Waals surface area contributed by atoms with Crippen LogP contribution in [0.2, 0.25) is 0 Å². The summed E-state index contributed by atoms with van der Waals surface area (Å²) in [5, 5.41) is 9.94. The van der Waals surface area contributed by atoms with Crippen molar-refractivity contribution in [3.8, 4) is 0 Å². The minimum Gasteiger partial charge on any atom is -0.253 e. The number of aryl methyl sites for hydroxylation is 1. The minimum atomic E-state index is -3.69. The first-order valence-electron chi connectivity index (χ1n) is 5.97. The Morgan fingerprint density at radius 2 is 2.32 bits per heavy atom. The van der Waals surface area contributed by atoms with Crippen molar-refractivity contribution in [3.63, 3.8) is 0 Å². The van der Waals surface area contributed by atoms with Gasteiger partial charge in [-0.1, -0.05) is 0 Å². The second-order valence-corrected chi connectivity index (χ2v) is 6.82. The Kier molecular flexibility index (Phi) is 3.02. The molecule has 7 nitrogen and oxygen atoms in total. The van der Waals surface area contributed by atoms with Crippen LogP contribution in [0, 0.1) is 0 Å². The molecule has 19 heavy (non-hydrogen) atoms. The molecule has 2 aromatic heterocycles. The molecular weight excluding hydrogens is 286 g/mol. The highest BCUT2D eigenvalue weighted by Crippen LogP contribution is 2.41. The average Bonchev–Trinajstić information content (AvgIpc) is 2.92. The number of thiazole rings is 1. The van der Waals surface area contributed by atoms with Gasteiger partial charge in [-0.15, -0.1) is 16.4 Å². The number of hydrogen-bond acceptors (Lipinski definition) is 6. The van der Waals surface area contributed by atoms with E-state index in [9.17, 15) is 8.42 Å². The van der Waals surface area contributed by atoms with Crippen LogP contribution >= 0.6 is 11.3 Å². The van der Waals surface area contributed by atoms with Gasteiger partial charge < -0.3 is 0 Å². The first-order chi connectivity index (χ1) is 9.08. The zero-order valence-electron chi connectivity index (χ0n) is 10.3. The van der Waals surface area contributed by atoms with Gasteiger partial charge in [0.1, 0.15) is 0 Å². The molecule has 1 N–H and O–H groups in total. The molecule has 1 saturated carbocycles. The van der Waals surface area contributed by atoms with Crippen LogP contribution in [0.25, 0.3) is 0 Å². The topological polar surface area (TPSA) is 89.8 Å². The van der Waals surface area contributed by atoms with Gasteiger partial charge in [-0.25, -0.2) is 4.98 Å². The first-order valence-corrected chi connectivity index (χ1v) is 8.33. The monoisotopic (exact) mass is 299 g/mol. The van der Waals surface area contributed by atoms with Crippen LogP contribution in [-0.2, 0) is 16.6 Å². The quantitative estimate of drug-likeness (QED) is 0.902. The summed E-state index contributed by atoms with van der Waals surface area (Å²) in [6, 6.07) is 0. The van der Waals surface area contributed by atoms with Crippen molar-refractivity contribution in [2.75, 3.05) is 4.72 Å². The van der Waals surface area contributed by atoms with E-state index in [0.717, 1.165) is 18.5 Å². The molecule has 0 radical (unpaired) electrons. The Morgan fingerprint density at radius 1 is 1.53 bits per heavy atom. The third-order valence-electron chi connectivity index (χ3n) is 2.81. The summed E-state index contributed by atoms with van der Waals surface area (Å²) in [6.45, 7) is 2.37. The van der Waals surface area contributed by atoms with Crippen LogP contribution in [0.3, 0.4) is 0 Å². The van der Waals surface area contributed by atoms with Crippen molar-refractivity contribution in [1.82, 2.24) is 20.0 Å². The first kappa shape index (κ1) is 12.5. The van der Waals surface area contributed by atoms with Crippen LogP contribution in [-0.4, -0.2) is 28.4 Å². The Morgan fingerprint density at radius 3 is 2.95 bits per heavy atom. The summed E-state index contributed by atoms with van der Waals surface area (Å²) < 4.78 is 26.6. The maximum absolute atomic E-state index is 12.1. The van der Waals surface area contributed by atoms with Gasteiger partial charge in [0.05, 0.1) is 18.4 Å². The van der Waals surface area contributed by atoms with Crippen LogP contribution < -0.4 is 4.72 Å². The van der Waals surface area contributed by atoms with E-state index in [0.29, 0.717) is 17.6 Å². The van der Waals surface area contributed by atoms with E-state index in [-0.39, 0.29) is 5.03 Å². The Labute approximate surface area is 114 Å². The highest BCUT2D eigenvalue weighted by molar-refractivity contribution is 7.92. The molecule has 0 atom stereocenters. The summed E-state index contributed by atoms with van der Waals surface area (Å²) in [5.74, 6) is 0.510. The highest BCUT2D eigenvalue weighted by Gasteiger charge is 2.27. The zero-order chi connectivity index (χ0) is 13.5. The summed E-state index contributed by atoms with van der Waals surface area (Å²) in [4.78, 5) is 5.61. The molecule has 0 spiro atoms.